The Kier molecular flexibility index (Phi) is 6.71. The van der Waals surface area contributed by atoms with Crippen LogP contribution in [0.5, 0.6) is 0 Å². The third-order valence-corrected chi connectivity index (χ3v) is 4.71. The monoisotopic (exact) mass is 403 g/mol. The molecule has 1 fully saturated rings. The summed E-state index contributed by atoms with van der Waals surface area (Å²) in [7, 11) is 1.66. The van der Waals surface area contributed by atoms with Crippen LogP contribution in [0.4, 0.5) is 15.8 Å². The first-order valence-corrected chi connectivity index (χ1v) is 9.44. The summed E-state index contributed by atoms with van der Waals surface area (Å²) in [5, 5.41) is 9.77. The second-order valence-corrected chi connectivity index (χ2v) is 6.97. The lowest BCUT2D eigenvalue weighted by atomic mass is 10.2. The van der Waals surface area contributed by atoms with E-state index in [0.29, 0.717) is 11.6 Å². The molecule has 28 heavy (non-hydrogen) atoms. The predicted octanol–water partition coefficient (Wildman–Crippen LogP) is 2.86. The van der Waals surface area contributed by atoms with Gasteiger partial charge in [0, 0.05) is 42.6 Å². The summed E-state index contributed by atoms with van der Waals surface area (Å²) in [5.74, 6) is -0.0159. The molecule has 0 saturated carbocycles. The summed E-state index contributed by atoms with van der Waals surface area (Å²) in [5.41, 5.74) is 1.64. The average Bonchev–Trinajstić information content (AvgIpc) is 3.15. The Morgan fingerprint density at radius 2 is 2.07 bits per heavy atom. The van der Waals surface area contributed by atoms with E-state index in [0.717, 1.165) is 30.2 Å². The fourth-order valence-corrected chi connectivity index (χ4v) is 3.26. The van der Waals surface area contributed by atoms with Gasteiger partial charge in [-0.3, -0.25) is 9.79 Å². The van der Waals surface area contributed by atoms with Crippen LogP contribution in [-0.4, -0.2) is 44.6 Å². The standard InChI is InChI=1S/C20H23ClFN5O/c1-23-20(24-12-19(28)25-16-7-5-15(22)6-8-16)26-17-9-10-27(13-17)18-4-2-3-14(21)11-18/h2-8,11,17H,9-10,12-13H2,1H3,(H,25,28)(H2,23,24,26). The molecule has 0 spiro atoms. The van der Waals surface area contributed by atoms with Crippen LogP contribution in [-0.2, 0) is 4.79 Å². The van der Waals surface area contributed by atoms with Gasteiger partial charge >= 0.3 is 0 Å². The highest BCUT2D eigenvalue weighted by Crippen LogP contribution is 2.23. The van der Waals surface area contributed by atoms with Crippen LogP contribution in [0.1, 0.15) is 6.42 Å². The molecule has 2 aromatic carbocycles. The first-order valence-electron chi connectivity index (χ1n) is 9.06. The van der Waals surface area contributed by atoms with Crippen molar-refractivity contribution in [2.75, 3.05) is 36.9 Å². The number of hydrogen-bond acceptors (Lipinski definition) is 3. The zero-order chi connectivity index (χ0) is 19.9. The molecule has 1 aliphatic rings. The van der Waals surface area contributed by atoms with Gasteiger partial charge in [0.25, 0.3) is 0 Å². The van der Waals surface area contributed by atoms with E-state index in [9.17, 15) is 9.18 Å². The van der Waals surface area contributed by atoms with Crippen molar-refractivity contribution in [2.24, 2.45) is 4.99 Å². The maximum absolute atomic E-state index is 12.9. The Labute approximate surface area is 168 Å². The largest absolute Gasteiger partial charge is 0.369 e. The number of aliphatic imine (C=N–C) groups is 1. The number of hydrogen-bond donors (Lipinski definition) is 3. The molecule has 3 N–H and O–H groups in total. The maximum Gasteiger partial charge on any atom is 0.243 e. The lowest BCUT2D eigenvalue weighted by molar-refractivity contribution is -0.115. The lowest BCUT2D eigenvalue weighted by Gasteiger charge is -2.20. The molecule has 0 bridgehead atoms. The molecule has 1 atom stereocenters. The first-order chi connectivity index (χ1) is 13.5. The van der Waals surface area contributed by atoms with E-state index in [4.69, 9.17) is 11.6 Å². The molecule has 1 saturated heterocycles. The van der Waals surface area contributed by atoms with Crippen molar-refractivity contribution in [3.8, 4) is 0 Å². The molecule has 2 aromatic rings. The molecular formula is C20H23ClFN5O. The quantitative estimate of drug-likeness (QED) is 0.530. The normalized spacial score (nSPS) is 16.8. The topological polar surface area (TPSA) is 68.8 Å². The summed E-state index contributed by atoms with van der Waals surface area (Å²) in [4.78, 5) is 18.5. The molecule has 0 radical (unpaired) electrons. The van der Waals surface area contributed by atoms with Gasteiger partial charge in [0.1, 0.15) is 5.82 Å². The average molecular weight is 404 g/mol. The van der Waals surface area contributed by atoms with Crippen molar-refractivity contribution < 1.29 is 9.18 Å². The Balaban J connectivity index is 1.45. The van der Waals surface area contributed by atoms with Crippen LogP contribution in [0, 0.1) is 5.82 Å². The first kappa shape index (κ1) is 19.9. The number of nitrogens with zero attached hydrogens (tertiary/aromatic N) is 2. The highest BCUT2D eigenvalue weighted by atomic mass is 35.5. The third kappa shape index (κ3) is 5.60. The van der Waals surface area contributed by atoms with Crippen molar-refractivity contribution in [1.29, 1.82) is 0 Å². The number of nitrogens with one attached hydrogen (secondary N) is 3. The minimum atomic E-state index is -0.343. The molecule has 6 nitrogen and oxygen atoms in total. The molecule has 1 amide bonds. The molecule has 148 valence electrons. The Hall–Kier alpha value is -2.80. The van der Waals surface area contributed by atoms with Gasteiger partial charge in [0.15, 0.2) is 5.96 Å². The van der Waals surface area contributed by atoms with Crippen molar-refractivity contribution in [3.05, 3.63) is 59.4 Å². The number of carbonyl (C=O) groups is 1. The number of benzene rings is 2. The number of anilines is 2. The van der Waals surface area contributed by atoms with Crippen LogP contribution in [0.3, 0.4) is 0 Å². The fraction of sp³-hybridized carbons (Fsp3) is 0.300. The van der Waals surface area contributed by atoms with Gasteiger partial charge in [0.05, 0.1) is 6.54 Å². The van der Waals surface area contributed by atoms with E-state index in [2.05, 4.69) is 25.8 Å². The smallest absolute Gasteiger partial charge is 0.243 e. The summed E-state index contributed by atoms with van der Waals surface area (Å²) >= 11 is 6.08. The van der Waals surface area contributed by atoms with Crippen LogP contribution in [0.25, 0.3) is 0 Å². The number of carbonyl (C=O) groups excluding carboxylic acids is 1. The fourth-order valence-electron chi connectivity index (χ4n) is 3.08. The highest BCUT2D eigenvalue weighted by Gasteiger charge is 2.23. The molecule has 0 aromatic heterocycles. The van der Waals surface area contributed by atoms with Gasteiger partial charge < -0.3 is 20.9 Å². The van der Waals surface area contributed by atoms with E-state index in [1.54, 1.807) is 7.05 Å². The summed E-state index contributed by atoms with van der Waals surface area (Å²) < 4.78 is 12.9. The second kappa shape index (κ2) is 9.41. The van der Waals surface area contributed by atoms with Gasteiger partial charge in [-0.25, -0.2) is 4.39 Å². The molecule has 8 heteroatoms. The highest BCUT2D eigenvalue weighted by molar-refractivity contribution is 6.30. The Morgan fingerprint density at radius 1 is 1.29 bits per heavy atom. The van der Waals surface area contributed by atoms with Crippen molar-refractivity contribution >= 4 is 34.8 Å². The van der Waals surface area contributed by atoms with E-state index in [1.807, 2.05) is 24.3 Å². The third-order valence-electron chi connectivity index (χ3n) is 4.47. The Morgan fingerprint density at radius 3 is 2.79 bits per heavy atom. The number of rotatable bonds is 5. The van der Waals surface area contributed by atoms with Crippen molar-refractivity contribution in [3.63, 3.8) is 0 Å². The van der Waals surface area contributed by atoms with Gasteiger partial charge in [-0.05, 0) is 48.9 Å². The molecule has 3 rings (SSSR count). The van der Waals surface area contributed by atoms with Gasteiger partial charge in [0.2, 0.25) is 5.91 Å². The van der Waals surface area contributed by atoms with E-state index in [1.165, 1.54) is 24.3 Å². The van der Waals surface area contributed by atoms with Crippen LogP contribution >= 0.6 is 11.6 Å². The number of amides is 1. The molecular weight excluding hydrogens is 381 g/mol. The van der Waals surface area contributed by atoms with Gasteiger partial charge in [-0.1, -0.05) is 17.7 Å². The van der Waals surface area contributed by atoms with Gasteiger partial charge in [-0.2, -0.15) is 0 Å². The summed E-state index contributed by atoms with van der Waals surface area (Å²) in [6.07, 6.45) is 0.953. The minimum absolute atomic E-state index is 0.0573. The second-order valence-electron chi connectivity index (χ2n) is 6.54. The van der Waals surface area contributed by atoms with Gasteiger partial charge in [-0.15, -0.1) is 0 Å². The summed E-state index contributed by atoms with van der Waals surface area (Å²) in [6, 6.07) is 13.7. The molecule has 0 aliphatic carbocycles. The minimum Gasteiger partial charge on any atom is -0.369 e. The van der Waals surface area contributed by atoms with Crippen LogP contribution < -0.4 is 20.9 Å². The van der Waals surface area contributed by atoms with Crippen molar-refractivity contribution in [1.82, 2.24) is 10.6 Å². The van der Waals surface area contributed by atoms with E-state index in [-0.39, 0.29) is 24.3 Å². The zero-order valence-electron chi connectivity index (χ0n) is 15.6. The zero-order valence-corrected chi connectivity index (χ0v) is 16.3. The van der Waals surface area contributed by atoms with Crippen molar-refractivity contribution in [2.45, 2.75) is 12.5 Å². The summed E-state index contributed by atoms with van der Waals surface area (Å²) in [6.45, 7) is 1.80. The predicted molar refractivity (Wildman–Crippen MR) is 112 cm³/mol. The Bertz CT molecular complexity index is 843. The van der Waals surface area contributed by atoms with Crippen LogP contribution in [0.15, 0.2) is 53.5 Å². The number of halogens is 2. The van der Waals surface area contributed by atoms with E-state index >= 15 is 0 Å². The lowest BCUT2D eigenvalue weighted by Crippen LogP contribution is -2.46. The van der Waals surface area contributed by atoms with Crippen LogP contribution in [0.2, 0.25) is 5.02 Å². The van der Waals surface area contributed by atoms with E-state index < -0.39 is 0 Å². The molecule has 1 unspecified atom stereocenters. The maximum atomic E-state index is 12.9. The molecule has 1 heterocycles. The number of guanidine groups is 1. The molecule has 1 aliphatic heterocycles. The SMILES string of the molecule is CN=C(NCC(=O)Nc1ccc(F)cc1)NC1CCN(c2cccc(Cl)c2)C1.